The molecule has 194 valence electrons. The highest BCUT2D eigenvalue weighted by molar-refractivity contribution is 7.80. The van der Waals surface area contributed by atoms with Gasteiger partial charge in [-0.15, -0.1) is 11.3 Å². The Morgan fingerprint density at radius 1 is 0.861 bits per heavy atom. The molecule has 1 aliphatic carbocycles. The van der Waals surface area contributed by atoms with Crippen molar-refractivity contribution >= 4 is 57.3 Å². The maximum absolute atomic E-state index is 12.6. The van der Waals surface area contributed by atoms with E-state index in [1.54, 1.807) is 39.8 Å². The Hall–Kier alpha value is -2.98. The van der Waals surface area contributed by atoms with Gasteiger partial charge in [0.15, 0.2) is 5.11 Å². The number of thiocarbonyl (C=S) groups is 1. The Kier molecular flexibility index (Phi) is 9.44. The summed E-state index contributed by atoms with van der Waals surface area (Å²) >= 11 is 7.03. The monoisotopic (exact) mass is 532 g/mol. The number of rotatable bonds is 7. The minimum atomic E-state index is -0.568. The summed E-state index contributed by atoms with van der Waals surface area (Å²) in [5.74, 6) is -1.54. The number of esters is 3. The molecule has 36 heavy (non-hydrogen) atoms. The van der Waals surface area contributed by atoms with Crippen molar-refractivity contribution in [2.75, 3.05) is 17.7 Å². The van der Waals surface area contributed by atoms with Gasteiger partial charge in [-0.05, 0) is 89.4 Å². The third kappa shape index (κ3) is 7.04. The second-order valence-electron chi connectivity index (χ2n) is 9.05. The van der Waals surface area contributed by atoms with Gasteiger partial charge in [-0.1, -0.05) is 6.42 Å². The number of benzene rings is 1. The van der Waals surface area contributed by atoms with Crippen molar-refractivity contribution in [3.63, 3.8) is 0 Å². The van der Waals surface area contributed by atoms with Crippen LogP contribution >= 0.6 is 23.6 Å². The molecular weight excluding hydrogens is 500 g/mol. The second-order valence-corrected chi connectivity index (χ2v) is 10.6. The maximum Gasteiger partial charge on any atom is 0.341 e. The molecule has 1 aromatic heterocycles. The van der Waals surface area contributed by atoms with Crippen LogP contribution in [0.15, 0.2) is 18.2 Å². The first-order chi connectivity index (χ1) is 17.1. The van der Waals surface area contributed by atoms with E-state index in [2.05, 4.69) is 10.6 Å². The topological polar surface area (TPSA) is 103 Å². The van der Waals surface area contributed by atoms with Crippen LogP contribution in [0, 0.1) is 0 Å². The van der Waals surface area contributed by atoms with Crippen molar-refractivity contribution in [2.45, 2.75) is 72.0 Å². The Morgan fingerprint density at radius 2 is 1.44 bits per heavy atom. The fourth-order valence-electron chi connectivity index (χ4n) is 3.91. The number of ether oxygens (including phenoxy) is 3. The van der Waals surface area contributed by atoms with Gasteiger partial charge in [0.25, 0.3) is 0 Å². The SMILES string of the molecule is COC(=O)c1c(NC(=S)Nc2cc(C(=O)OC(C)C)cc(C(=O)OC(C)C)c2)sc2c1CCCCC2. The van der Waals surface area contributed by atoms with E-state index in [-0.39, 0.29) is 28.4 Å². The molecule has 0 atom stereocenters. The highest BCUT2D eigenvalue weighted by Crippen LogP contribution is 2.38. The molecule has 1 aliphatic rings. The van der Waals surface area contributed by atoms with Crippen LogP contribution in [-0.4, -0.2) is 42.3 Å². The number of hydrogen-bond donors (Lipinski definition) is 2. The van der Waals surface area contributed by atoms with Crippen molar-refractivity contribution in [2.24, 2.45) is 0 Å². The second kappa shape index (κ2) is 12.3. The zero-order valence-electron chi connectivity index (χ0n) is 21.2. The van der Waals surface area contributed by atoms with Crippen LogP contribution in [0.5, 0.6) is 0 Å². The molecule has 0 saturated carbocycles. The number of aryl methyl sites for hydroxylation is 1. The third-order valence-corrected chi connectivity index (χ3v) is 6.80. The molecule has 0 saturated heterocycles. The van der Waals surface area contributed by atoms with E-state index in [0.29, 0.717) is 16.3 Å². The first-order valence-corrected chi connectivity index (χ1v) is 13.2. The van der Waals surface area contributed by atoms with Crippen molar-refractivity contribution in [1.29, 1.82) is 0 Å². The fraction of sp³-hybridized carbons (Fsp3) is 0.462. The van der Waals surface area contributed by atoms with E-state index in [1.165, 1.54) is 24.5 Å². The average molecular weight is 533 g/mol. The van der Waals surface area contributed by atoms with Crippen LogP contribution in [0.3, 0.4) is 0 Å². The lowest BCUT2D eigenvalue weighted by molar-refractivity contribution is 0.0377. The van der Waals surface area contributed by atoms with Gasteiger partial charge in [0, 0.05) is 10.6 Å². The molecular formula is C26H32N2O6S2. The predicted molar refractivity (Wildman–Crippen MR) is 144 cm³/mol. The molecule has 0 fully saturated rings. The summed E-state index contributed by atoms with van der Waals surface area (Å²) in [7, 11) is 1.36. The van der Waals surface area contributed by atoms with Gasteiger partial charge in [-0.2, -0.15) is 0 Å². The fourth-order valence-corrected chi connectivity index (χ4v) is 5.48. The highest BCUT2D eigenvalue weighted by atomic mass is 32.1. The van der Waals surface area contributed by atoms with Gasteiger partial charge < -0.3 is 24.8 Å². The molecule has 2 N–H and O–H groups in total. The lowest BCUT2D eigenvalue weighted by Crippen LogP contribution is -2.21. The van der Waals surface area contributed by atoms with E-state index in [1.807, 2.05) is 0 Å². The summed E-state index contributed by atoms with van der Waals surface area (Å²) in [5, 5.41) is 6.96. The smallest absolute Gasteiger partial charge is 0.341 e. The Morgan fingerprint density at radius 3 is 2.00 bits per heavy atom. The number of methoxy groups -OCH3 is 1. The van der Waals surface area contributed by atoms with Crippen molar-refractivity contribution in [3.05, 3.63) is 45.3 Å². The minimum absolute atomic E-state index is 0.185. The molecule has 0 aliphatic heterocycles. The minimum Gasteiger partial charge on any atom is -0.465 e. The van der Waals surface area contributed by atoms with Gasteiger partial charge in [-0.3, -0.25) is 0 Å². The first-order valence-electron chi connectivity index (χ1n) is 12.0. The summed E-state index contributed by atoms with van der Waals surface area (Å²) in [4.78, 5) is 38.9. The van der Waals surface area contributed by atoms with Crippen LogP contribution in [0.4, 0.5) is 10.7 Å². The largest absolute Gasteiger partial charge is 0.465 e. The lowest BCUT2D eigenvalue weighted by Gasteiger charge is -2.15. The van der Waals surface area contributed by atoms with E-state index in [9.17, 15) is 14.4 Å². The molecule has 3 rings (SSSR count). The zero-order valence-corrected chi connectivity index (χ0v) is 22.8. The third-order valence-electron chi connectivity index (χ3n) is 5.39. The Bertz CT molecular complexity index is 1120. The summed E-state index contributed by atoms with van der Waals surface area (Å²) in [5.41, 5.74) is 2.31. The lowest BCUT2D eigenvalue weighted by atomic mass is 10.1. The van der Waals surface area contributed by atoms with Gasteiger partial charge >= 0.3 is 17.9 Å². The highest BCUT2D eigenvalue weighted by Gasteiger charge is 2.26. The zero-order chi connectivity index (χ0) is 26.4. The molecule has 2 aromatic rings. The van der Waals surface area contributed by atoms with Crippen LogP contribution in [0.1, 0.15) is 88.5 Å². The maximum atomic E-state index is 12.6. The molecule has 0 radical (unpaired) electrons. The van der Waals surface area contributed by atoms with Crippen LogP contribution in [-0.2, 0) is 27.1 Å². The Balaban J connectivity index is 1.89. The van der Waals surface area contributed by atoms with Gasteiger partial charge in [0.1, 0.15) is 5.00 Å². The first kappa shape index (κ1) is 27.6. The molecule has 0 unspecified atom stereocenters. The van der Waals surface area contributed by atoms with Crippen LogP contribution in [0.2, 0.25) is 0 Å². The van der Waals surface area contributed by atoms with E-state index >= 15 is 0 Å². The van der Waals surface area contributed by atoms with Crippen molar-refractivity contribution < 1.29 is 28.6 Å². The van der Waals surface area contributed by atoms with Crippen LogP contribution in [0.25, 0.3) is 0 Å². The molecule has 0 amide bonds. The van der Waals surface area contributed by atoms with E-state index < -0.39 is 17.9 Å². The Labute approximate surface area is 220 Å². The molecule has 10 heteroatoms. The van der Waals surface area contributed by atoms with Crippen molar-refractivity contribution in [1.82, 2.24) is 0 Å². The van der Waals surface area contributed by atoms with Gasteiger partial charge in [0.2, 0.25) is 0 Å². The number of carbonyl (C=O) groups is 3. The summed E-state index contributed by atoms with van der Waals surface area (Å²) in [6.07, 6.45) is 4.30. The normalized spacial score (nSPS) is 13.0. The number of anilines is 2. The number of thiophene rings is 1. The summed E-state index contributed by atoms with van der Waals surface area (Å²) < 4.78 is 15.7. The molecule has 1 heterocycles. The molecule has 8 nitrogen and oxygen atoms in total. The van der Waals surface area contributed by atoms with Crippen LogP contribution < -0.4 is 10.6 Å². The summed E-state index contributed by atoms with van der Waals surface area (Å²) in [6.45, 7) is 6.98. The quantitative estimate of drug-likeness (QED) is 0.200. The molecule has 1 aromatic carbocycles. The molecule has 0 bridgehead atoms. The van der Waals surface area contributed by atoms with Crippen molar-refractivity contribution in [3.8, 4) is 0 Å². The number of nitrogens with one attached hydrogen (secondary N) is 2. The number of carbonyl (C=O) groups excluding carboxylic acids is 3. The number of fused-ring (bicyclic) bond motifs is 1. The van der Waals surface area contributed by atoms with Gasteiger partial charge in [-0.25, -0.2) is 14.4 Å². The van der Waals surface area contributed by atoms with E-state index in [4.69, 9.17) is 26.4 Å². The predicted octanol–water partition coefficient (Wildman–Crippen LogP) is 5.74. The standard InChI is InChI=1S/C26H32N2O6S2/c1-14(2)33-23(29)16-11-17(24(30)34-15(3)4)13-18(12-16)27-26(35)28-22-21(25(31)32-5)19-9-7-6-8-10-20(19)36-22/h11-15H,6-10H2,1-5H3,(H2,27,28,35). The summed E-state index contributed by atoms with van der Waals surface area (Å²) in [6, 6.07) is 4.54. The van der Waals surface area contributed by atoms with Gasteiger partial charge in [0.05, 0.1) is 36.0 Å². The van der Waals surface area contributed by atoms with E-state index in [0.717, 1.165) is 42.5 Å². The molecule has 0 spiro atoms. The number of hydrogen-bond acceptors (Lipinski definition) is 8. The average Bonchev–Trinajstić information content (AvgIpc) is 2.97.